The topological polar surface area (TPSA) is 92.5 Å². The molecule has 0 saturated carbocycles. The van der Waals surface area contributed by atoms with Crippen LogP contribution >= 0.6 is 11.6 Å². The Kier molecular flexibility index (Phi) is 7.05. The summed E-state index contributed by atoms with van der Waals surface area (Å²) in [6.07, 6.45) is 7.52. The molecule has 2 aromatic heterocycles. The molecule has 2 N–H and O–H groups in total. The lowest BCUT2D eigenvalue weighted by molar-refractivity contribution is -0.111. The highest BCUT2D eigenvalue weighted by molar-refractivity contribution is 6.31. The Balaban J connectivity index is 1.71. The third-order valence-corrected chi connectivity index (χ3v) is 4.93. The van der Waals surface area contributed by atoms with E-state index in [9.17, 15) is 9.18 Å². The molecule has 0 bridgehead atoms. The lowest BCUT2D eigenvalue weighted by Crippen LogP contribution is -2.13. The van der Waals surface area contributed by atoms with Gasteiger partial charge in [0.05, 0.1) is 22.5 Å². The van der Waals surface area contributed by atoms with Crippen LogP contribution in [0.3, 0.4) is 0 Å². The van der Waals surface area contributed by atoms with Crippen molar-refractivity contribution in [3.8, 4) is 11.5 Å². The Morgan fingerprint density at radius 1 is 1.24 bits per heavy atom. The van der Waals surface area contributed by atoms with Crippen molar-refractivity contribution in [3.63, 3.8) is 0 Å². The van der Waals surface area contributed by atoms with Gasteiger partial charge in [0.2, 0.25) is 5.91 Å². The van der Waals surface area contributed by atoms with Gasteiger partial charge in [-0.2, -0.15) is 0 Å². The molecule has 0 spiro atoms. The number of anilines is 3. The van der Waals surface area contributed by atoms with E-state index in [0.717, 1.165) is 0 Å². The molecule has 0 radical (unpaired) electrons. The summed E-state index contributed by atoms with van der Waals surface area (Å²) in [5.41, 5.74) is 1.51. The van der Waals surface area contributed by atoms with Gasteiger partial charge in [-0.05, 0) is 38.4 Å². The predicted octanol–water partition coefficient (Wildman–Crippen LogP) is 5.61. The van der Waals surface area contributed by atoms with Gasteiger partial charge in [-0.15, -0.1) is 0 Å². The molecular weight excluding hydrogens is 461 g/mol. The molecule has 0 aliphatic carbocycles. The first-order chi connectivity index (χ1) is 16.4. The van der Waals surface area contributed by atoms with E-state index in [1.54, 1.807) is 30.3 Å². The summed E-state index contributed by atoms with van der Waals surface area (Å²) in [5, 5.41) is 6.55. The number of fused-ring (bicyclic) bond motifs is 1. The van der Waals surface area contributed by atoms with Crippen molar-refractivity contribution in [2.24, 2.45) is 0 Å². The lowest BCUT2D eigenvalue weighted by atomic mass is 10.1. The molecule has 174 valence electrons. The fraction of sp³-hybridized carbons (Fsp3) is 0.125. The van der Waals surface area contributed by atoms with E-state index in [1.165, 1.54) is 37.1 Å². The zero-order chi connectivity index (χ0) is 24.1. The molecule has 0 atom stereocenters. The van der Waals surface area contributed by atoms with E-state index in [2.05, 4.69) is 20.6 Å². The minimum atomic E-state index is -0.520. The third kappa shape index (κ3) is 5.69. The number of nitrogens with zero attached hydrogens (tertiary/aromatic N) is 3. The van der Waals surface area contributed by atoms with E-state index in [-0.39, 0.29) is 10.9 Å². The number of hydrogen-bond donors (Lipinski definition) is 2. The molecule has 2 aromatic carbocycles. The molecule has 10 heteroatoms. The van der Waals surface area contributed by atoms with Crippen LogP contribution in [0.5, 0.6) is 11.5 Å². The van der Waals surface area contributed by atoms with Crippen molar-refractivity contribution in [1.29, 1.82) is 0 Å². The maximum Gasteiger partial charge on any atom is 0.248 e. The number of ether oxygens (including phenoxy) is 1. The zero-order valence-corrected chi connectivity index (χ0v) is 19.1. The second kappa shape index (κ2) is 10.3. The maximum atomic E-state index is 13.5. The van der Waals surface area contributed by atoms with Crippen LogP contribution in [0.1, 0.15) is 0 Å². The minimum absolute atomic E-state index is 0.0170. The number of carbonyl (C=O) groups is 1. The van der Waals surface area contributed by atoms with Gasteiger partial charge in [-0.1, -0.05) is 17.7 Å². The van der Waals surface area contributed by atoms with Crippen LogP contribution in [0.4, 0.5) is 21.6 Å². The van der Waals surface area contributed by atoms with Gasteiger partial charge < -0.3 is 24.7 Å². The van der Waals surface area contributed by atoms with Gasteiger partial charge in [-0.25, -0.2) is 14.4 Å². The summed E-state index contributed by atoms with van der Waals surface area (Å²) < 4.78 is 24.5. The van der Waals surface area contributed by atoms with Gasteiger partial charge in [0, 0.05) is 35.8 Å². The largest absolute Gasteiger partial charge is 0.469 e. The summed E-state index contributed by atoms with van der Waals surface area (Å²) in [5.74, 6) is 0.438. The van der Waals surface area contributed by atoms with Crippen molar-refractivity contribution in [1.82, 2.24) is 14.9 Å². The number of benzene rings is 2. The van der Waals surface area contributed by atoms with Crippen molar-refractivity contribution in [2.75, 3.05) is 31.3 Å². The summed E-state index contributed by atoms with van der Waals surface area (Å²) in [6, 6.07) is 9.31. The number of hydrogen-bond acceptors (Lipinski definition) is 7. The van der Waals surface area contributed by atoms with Crippen LogP contribution in [0.25, 0.3) is 10.9 Å². The van der Waals surface area contributed by atoms with E-state index in [4.69, 9.17) is 20.8 Å². The second-order valence-corrected chi connectivity index (χ2v) is 7.96. The van der Waals surface area contributed by atoms with E-state index in [1.807, 2.05) is 19.0 Å². The molecule has 0 unspecified atom stereocenters. The number of carbonyl (C=O) groups excluding carboxylic acids is 1. The van der Waals surface area contributed by atoms with Crippen LogP contribution < -0.4 is 15.4 Å². The molecule has 1 amide bonds. The molecule has 0 saturated heterocycles. The van der Waals surface area contributed by atoms with Crippen LogP contribution in [-0.4, -0.2) is 41.4 Å². The Hall–Kier alpha value is -3.95. The van der Waals surface area contributed by atoms with Gasteiger partial charge in [-0.3, -0.25) is 4.79 Å². The van der Waals surface area contributed by atoms with E-state index < -0.39 is 5.82 Å². The monoisotopic (exact) mass is 481 g/mol. The number of furan rings is 1. The van der Waals surface area contributed by atoms with Gasteiger partial charge in [0.1, 0.15) is 24.2 Å². The Labute approximate surface area is 200 Å². The Morgan fingerprint density at radius 3 is 2.82 bits per heavy atom. The first-order valence-electron chi connectivity index (χ1n) is 10.2. The fourth-order valence-corrected chi connectivity index (χ4v) is 3.24. The van der Waals surface area contributed by atoms with Crippen LogP contribution in [-0.2, 0) is 4.79 Å². The molecule has 8 nitrogen and oxygen atoms in total. The van der Waals surface area contributed by atoms with Crippen molar-refractivity contribution in [2.45, 2.75) is 0 Å². The maximum absolute atomic E-state index is 13.5. The molecule has 2 heterocycles. The molecule has 0 aliphatic heterocycles. The predicted molar refractivity (Wildman–Crippen MR) is 129 cm³/mol. The minimum Gasteiger partial charge on any atom is -0.469 e. The van der Waals surface area contributed by atoms with Crippen LogP contribution in [0.2, 0.25) is 5.02 Å². The lowest BCUT2D eigenvalue weighted by Gasteiger charge is -2.14. The second-order valence-electron chi connectivity index (χ2n) is 7.56. The number of halogens is 2. The van der Waals surface area contributed by atoms with Gasteiger partial charge >= 0.3 is 0 Å². The molecule has 34 heavy (non-hydrogen) atoms. The third-order valence-electron chi connectivity index (χ3n) is 4.64. The van der Waals surface area contributed by atoms with Crippen molar-refractivity contribution < 1.29 is 18.3 Å². The number of nitrogens with one attached hydrogen (secondary N) is 2. The highest BCUT2D eigenvalue weighted by Gasteiger charge is 2.14. The van der Waals surface area contributed by atoms with Gasteiger partial charge in [0.15, 0.2) is 11.5 Å². The first kappa shape index (κ1) is 23.2. The zero-order valence-electron chi connectivity index (χ0n) is 18.4. The quantitative estimate of drug-likeness (QED) is 0.316. The number of amides is 1. The molecule has 0 fully saturated rings. The fourth-order valence-electron chi connectivity index (χ4n) is 3.06. The first-order valence-corrected chi connectivity index (χ1v) is 10.6. The summed E-state index contributed by atoms with van der Waals surface area (Å²) in [7, 11) is 3.82. The average molecular weight is 482 g/mol. The summed E-state index contributed by atoms with van der Waals surface area (Å²) in [4.78, 5) is 23.1. The molecular formula is C24H21ClFN5O3. The van der Waals surface area contributed by atoms with Crippen LogP contribution in [0.15, 0.2) is 71.8 Å². The number of rotatable bonds is 8. The molecule has 4 aromatic rings. The van der Waals surface area contributed by atoms with E-state index >= 15 is 0 Å². The van der Waals surface area contributed by atoms with Crippen molar-refractivity contribution >= 4 is 45.6 Å². The highest BCUT2D eigenvalue weighted by Crippen LogP contribution is 2.36. The molecule has 4 rings (SSSR count). The standard InChI is InChI=1S/C24H21ClFN5O3/c1-31(2)8-3-4-23(32)30-21-11-17-20(12-22(21)34-16-7-9-33-13-16)27-14-28-24(17)29-15-5-6-19(26)18(25)10-15/h3-7,9-14H,8H2,1-2H3,(H,30,32)(H,27,28,29)/b4-3+. The van der Waals surface area contributed by atoms with E-state index in [0.29, 0.717) is 46.1 Å². The Bertz CT molecular complexity index is 1340. The highest BCUT2D eigenvalue weighted by atomic mass is 35.5. The summed E-state index contributed by atoms with van der Waals surface area (Å²) >= 11 is 5.90. The molecule has 0 aliphatic rings. The summed E-state index contributed by atoms with van der Waals surface area (Å²) in [6.45, 7) is 0.617. The SMILES string of the molecule is CN(C)C/C=C/C(=O)Nc1cc2c(Nc3ccc(F)c(Cl)c3)ncnc2cc1Oc1ccoc1. The number of aromatic nitrogens is 2. The van der Waals surface area contributed by atoms with Crippen molar-refractivity contribution in [3.05, 3.63) is 78.2 Å². The van der Waals surface area contributed by atoms with Crippen LogP contribution in [0, 0.1) is 5.82 Å². The van der Waals surface area contributed by atoms with Gasteiger partial charge in [0.25, 0.3) is 0 Å². The Morgan fingerprint density at radius 2 is 2.09 bits per heavy atom. The average Bonchev–Trinajstić information content (AvgIpc) is 3.30. The normalized spacial score (nSPS) is 11.3. The smallest absolute Gasteiger partial charge is 0.248 e. The number of likely N-dealkylation sites (N-methyl/N-ethyl adjacent to an activating group) is 1.